The molecule has 2 aromatic heterocycles. The SMILES string of the molecule is Cc1nn([C@@H](C)c2cc(Cl)c(F)c3c2O[C@H](C)CN(S(C)(=O)=O)C3)c2ncnc(N)c12. The van der Waals surface area contributed by atoms with E-state index in [0.29, 0.717) is 28.1 Å². The van der Waals surface area contributed by atoms with E-state index in [4.69, 9.17) is 22.1 Å². The van der Waals surface area contributed by atoms with E-state index in [1.165, 1.54) is 16.7 Å². The van der Waals surface area contributed by atoms with Gasteiger partial charge in [0.05, 0.1) is 34.9 Å². The normalized spacial score (nSPS) is 18.5. The Morgan fingerprint density at radius 2 is 2.10 bits per heavy atom. The van der Waals surface area contributed by atoms with Gasteiger partial charge in [0.1, 0.15) is 29.8 Å². The lowest BCUT2D eigenvalue weighted by Crippen LogP contribution is -2.35. The smallest absolute Gasteiger partial charge is 0.211 e. The maximum Gasteiger partial charge on any atom is 0.211 e. The molecule has 1 aliphatic rings. The second-order valence-electron chi connectivity index (χ2n) is 7.72. The fourth-order valence-corrected chi connectivity index (χ4v) is 4.94. The highest BCUT2D eigenvalue weighted by Crippen LogP contribution is 2.40. The second-order valence-corrected chi connectivity index (χ2v) is 10.1. The highest BCUT2D eigenvalue weighted by atomic mass is 35.5. The van der Waals surface area contributed by atoms with Crippen LogP contribution in [0.4, 0.5) is 10.2 Å². The van der Waals surface area contributed by atoms with Gasteiger partial charge in [-0.05, 0) is 26.8 Å². The molecule has 166 valence electrons. The summed E-state index contributed by atoms with van der Waals surface area (Å²) >= 11 is 6.21. The molecule has 1 aliphatic heterocycles. The zero-order valence-electron chi connectivity index (χ0n) is 17.4. The maximum atomic E-state index is 15.0. The van der Waals surface area contributed by atoms with Crippen LogP contribution in [0.5, 0.6) is 5.75 Å². The zero-order valence-corrected chi connectivity index (χ0v) is 19.0. The first kappa shape index (κ1) is 21.7. The monoisotopic (exact) mass is 468 g/mol. The summed E-state index contributed by atoms with van der Waals surface area (Å²) in [5.74, 6) is -0.134. The van der Waals surface area contributed by atoms with Gasteiger partial charge in [-0.15, -0.1) is 0 Å². The molecular weight excluding hydrogens is 447 g/mol. The third kappa shape index (κ3) is 3.70. The fraction of sp³-hybridized carbons (Fsp3) is 0.421. The van der Waals surface area contributed by atoms with Crippen LogP contribution in [0, 0.1) is 12.7 Å². The number of fused-ring (bicyclic) bond motifs is 2. The van der Waals surface area contributed by atoms with Crippen molar-refractivity contribution in [1.29, 1.82) is 0 Å². The largest absolute Gasteiger partial charge is 0.489 e. The molecule has 0 amide bonds. The van der Waals surface area contributed by atoms with E-state index in [0.717, 1.165) is 6.26 Å². The number of nitrogen functional groups attached to an aromatic ring is 1. The number of anilines is 1. The van der Waals surface area contributed by atoms with Crippen LogP contribution >= 0.6 is 11.6 Å². The average molecular weight is 469 g/mol. The van der Waals surface area contributed by atoms with Crippen LogP contribution in [0.25, 0.3) is 11.0 Å². The van der Waals surface area contributed by atoms with Crippen molar-refractivity contribution in [3.8, 4) is 5.75 Å². The Morgan fingerprint density at radius 1 is 1.39 bits per heavy atom. The van der Waals surface area contributed by atoms with Crippen LogP contribution in [0.1, 0.15) is 36.7 Å². The molecular formula is C19H22ClFN6O3S. The van der Waals surface area contributed by atoms with Crippen molar-refractivity contribution >= 4 is 38.5 Å². The summed E-state index contributed by atoms with van der Waals surface area (Å²) in [6.45, 7) is 5.29. The average Bonchev–Trinajstić information content (AvgIpc) is 2.91. The lowest BCUT2D eigenvalue weighted by atomic mass is 10.0. The number of sulfonamides is 1. The lowest BCUT2D eigenvalue weighted by molar-refractivity contribution is 0.199. The Morgan fingerprint density at radius 3 is 2.77 bits per heavy atom. The number of nitrogens with two attached hydrogens (primary N) is 1. The van der Waals surface area contributed by atoms with E-state index in [2.05, 4.69) is 15.1 Å². The van der Waals surface area contributed by atoms with Gasteiger partial charge in [-0.3, -0.25) is 0 Å². The predicted octanol–water partition coefficient (Wildman–Crippen LogP) is 2.66. The third-order valence-electron chi connectivity index (χ3n) is 5.39. The van der Waals surface area contributed by atoms with Crippen molar-refractivity contribution in [2.24, 2.45) is 0 Å². The van der Waals surface area contributed by atoms with Crippen molar-refractivity contribution in [1.82, 2.24) is 24.1 Å². The molecule has 3 aromatic rings. The minimum absolute atomic E-state index is 0.0892. The van der Waals surface area contributed by atoms with E-state index in [-0.39, 0.29) is 29.4 Å². The van der Waals surface area contributed by atoms with Crippen molar-refractivity contribution in [3.63, 3.8) is 0 Å². The Kier molecular flexibility index (Phi) is 5.31. The standard InChI is InChI=1S/C19H22ClFN6O3S/c1-9-6-26(31(4,28)29)7-13-16(21)14(20)5-12(17(13)30-9)11(3)27-19-15(10(2)25-27)18(22)23-8-24-19/h5,8-9,11H,6-7H2,1-4H3,(H2,22,23,24)/t9-,11+/m1/s1. The summed E-state index contributed by atoms with van der Waals surface area (Å²) in [6, 6.07) is 1.02. The molecule has 0 radical (unpaired) electrons. The van der Waals surface area contributed by atoms with Gasteiger partial charge in [0.2, 0.25) is 10.0 Å². The first-order valence-electron chi connectivity index (χ1n) is 9.56. The molecule has 2 N–H and O–H groups in total. The molecule has 9 nitrogen and oxygen atoms in total. The van der Waals surface area contributed by atoms with E-state index in [1.54, 1.807) is 18.5 Å². The van der Waals surface area contributed by atoms with Crippen molar-refractivity contribution in [2.45, 2.75) is 39.5 Å². The number of ether oxygens (including phenoxy) is 1. The number of halogens is 2. The van der Waals surface area contributed by atoms with Crippen molar-refractivity contribution in [3.05, 3.63) is 40.1 Å². The minimum atomic E-state index is -3.57. The minimum Gasteiger partial charge on any atom is -0.489 e. The summed E-state index contributed by atoms with van der Waals surface area (Å²) in [7, 11) is -3.57. The quantitative estimate of drug-likeness (QED) is 0.628. The molecule has 0 saturated carbocycles. The molecule has 1 aromatic carbocycles. The van der Waals surface area contributed by atoms with Crippen LogP contribution in [0.15, 0.2) is 12.4 Å². The van der Waals surface area contributed by atoms with Crippen LogP contribution < -0.4 is 10.5 Å². The number of rotatable bonds is 3. The summed E-state index contributed by atoms with van der Waals surface area (Å²) in [5, 5.41) is 5.06. The Balaban J connectivity index is 1.92. The topological polar surface area (TPSA) is 116 Å². The number of nitrogens with zero attached hydrogens (tertiary/aromatic N) is 5. The number of hydrogen-bond donors (Lipinski definition) is 1. The Bertz CT molecular complexity index is 1300. The molecule has 0 bridgehead atoms. The Hall–Kier alpha value is -2.50. The van der Waals surface area contributed by atoms with Crippen molar-refractivity contribution in [2.75, 3.05) is 18.5 Å². The molecule has 4 rings (SSSR count). The maximum absolute atomic E-state index is 15.0. The molecule has 2 atom stereocenters. The number of benzene rings is 1. The Labute approximate surface area is 184 Å². The molecule has 0 unspecified atom stereocenters. The lowest BCUT2D eigenvalue weighted by Gasteiger charge is -2.22. The van der Waals surface area contributed by atoms with Crippen LogP contribution in [-0.4, -0.2) is 51.4 Å². The van der Waals surface area contributed by atoms with Gasteiger partial charge in [-0.2, -0.15) is 9.40 Å². The van der Waals surface area contributed by atoms with E-state index in [9.17, 15) is 8.42 Å². The van der Waals surface area contributed by atoms with E-state index >= 15 is 4.39 Å². The van der Waals surface area contributed by atoms with Gasteiger partial charge in [0, 0.05) is 17.7 Å². The highest BCUT2D eigenvalue weighted by Gasteiger charge is 2.33. The van der Waals surface area contributed by atoms with Crippen molar-refractivity contribution < 1.29 is 17.5 Å². The molecule has 0 spiro atoms. The highest BCUT2D eigenvalue weighted by molar-refractivity contribution is 7.88. The van der Waals surface area contributed by atoms with Gasteiger partial charge < -0.3 is 10.5 Å². The van der Waals surface area contributed by atoms with Gasteiger partial charge in [-0.25, -0.2) is 27.5 Å². The molecule has 0 aliphatic carbocycles. The zero-order chi connectivity index (χ0) is 22.7. The summed E-state index contributed by atoms with van der Waals surface area (Å²) in [6.07, 6.45) is 1.93. The van der Waals surface area contributed by atoms with Crippen LogP contribution in [0.2, 0.25) is 5.02 Å². The van der Waals surface area contributed by atoms with E-state index in [1.807, 2.05) is 6.92 Å². The van der Waals surface area contributed by atoms with Gasteiger partial charge in [0.15, 0.2) is 5.65 Å². The first-order valence-corrected chi connectivity index (χ1v) is 11.8. The van der Waals surface area contributed by atoms with E-state index < -0.39 is 28.0 Å². The number of hydrogen-bond acceptors (Lipinski definition) is 7. The number of aryl methyl sites for hydroxylation is 1. The summed E-state index contributed by atoms with van der Waals surface area (Å²) in [5.41, 5.74) is 7.82. The van der Waals surface area contributed by atoms with Crippen LogP contribution in [0.3, 0.4) is 0 Å². The second kappa shape index (κ2) is 7.57. The first-order chi connectivity index (χ1) is 14.5. The molecule has 31 heavy (non-hydrogen) atoms. The molecule has 12 heteroatoms. The third-order valence-corrected chi connectivity index (χ3v) is 6.88. The predicted molar refractivity (Wildman–Crippen MR) is 115 cm³/mol. The molecule has 0 fully saturated rings. The number of aromatic nitrogens is 4. The summed E-state index contributed by atoms with van der Waals surface area (Å²) < 4.78 is 48.3. The summed E-state index contributed by atoms with van der Waals surface area (Å²) in [4.78, 5) is 8.33. The molecule has 3 heterocycles. The fourth-order valence-electron chi connectivity index (χ4n) is 3.86. The van der Waals surface area contributed by atoms with Gasteiger partial charge in [-0.1, -0.05) is 11.6 Å². The van der Waals surface area contributed by atoms with Crippen LogP contribution in [-0.2, 0) is 16.6 Å². The molecule has 0 saturated heterocycles. The van der Waals surface area contributed by atoms with Gasteiger partial charge >= 0.3 is 0 Å². The van der Waals surface area contributed by atoms with Gasteiger partial charge in [0.25, 0.3) is 0 Å².